The summed E-state index contributed by atoms with van der Waals surface area (Å²) in [4.78, 5) is 15.9. The third kappa shape index (κ3) is 6.15. The number of hydrogen-bond donors (Lipinski definition) is 3. The smallest absolute Gasteiger partial charge is 0.259 e. The lowest BCUT2D eigenvalue weighted by molar-refractivity contribution is -0.211. The second kappa shape index (κ2) is 13.1. The monoisotopic (exact) mass is 613 g/mol. The summed E-state index contributed by atoms with van der Waals surface area (Å²) in [6.45, 7) is 1.02. The van der Waals surface area contributed by atoms with E-state index in [0.717, 1.165) is 12.8 Å². The van der Waals surface area contributed by atoms with Crippen LogP contribution in [0.5, 0.6) is 0 Å². The number of anilines is 1. The molecule has 11 nitrogen and oxygen atoms in total. The van der Waals surface area contributed by atoms with E-state index in [1.54, 1.807) is 19.1 Å². The SMILES string of the molecule is COC1C(C(=O)N(c2cc(Cl)cc(C#N)c2)[C@H]2CCCC[C@@H]2O)OC(CO)C(O)C1n1cc(-c2ccc(C)c(F)c2)nn1. The van der Waals surface area contributed by atoms with Gasteiger partial charge in [-0.25, -0.2) is 9.07 Å². The number of aryl methyl sites for hydroxylation is 1. The molecule has 5 unspecified atom stereocenters. The highest BCUT2D eigenvalue weighted by atomic mass is 35.5. The number of carbonyl (C=O) groups is 1. The fourth-order valence-electron chi connectivity index (χ4n) is 5.96. The van der Waals surface area contributed by atoms with Crippen molar-refractivity contribution >= 4 is 23.2 Å². The summed E-state index contributed by atoms with van der Waals surface area (Å²) in [6.07, 6.45) is -1.92. The van der Waals surface area contributed by atoms with Crippen LogP contribution in [0.15, 0.2) is 42.6 Å². The van der Waals surface area contributed by atoms with Crippen molar-refractivity contribution in [1.29, 1.82) is 5.26 Å². The number of ether oxygens (including phenoxy) is 2. The van der Waals surface area contributed by atoms with Gasteiger partial charge in [0.05, 0.1) is 36.6 Å². The van der Waals surface area contributed by atoms with Crippen molar-refractivity contribution < 1.29 is 34.0 Å². The van der Waals surface area contributed by atoms with E-state index < -0.39 is 60.9 Å². The molecule has 3 aromatic rings. The number of rotatable bonds is 7. The third-order valence-corrected chi connectivity index (χ3v) is 8.44. The number of amides is 1. The van der Waals surface area contributed by atoms with Gasteiger partial charge in [-0.1, -0.05) is 41.8 Å². The van der Waals surface area contributed by atoms with Crippen molar-refractivity contribution in [3.63, 3.8) is 0 Å². The molecule has 1 amide bonds. The van der Waals surface area contributed by atoms with Gasteiger partial charge in [-0.2, -0.15) is 5.26 Å². The Kier molecular flexibility index (Phi) is 9.41. The first-order valence-corrected chi connectivity index (χ1v) is 14.4. The lowest BCUT2D eigenvalue weighted by Crippen LogP contribution is -2.63. The summed E-state index contributed by atoms with van der Waals surface area (Å²) < 4.78 is 27.4. The molecule has 13 heteroatoms. The van der Waals surface area contributed by atoms with Gasteiger partial charge in [0.25, 0.3) is 5.91 Å². The van der Waals surface area contributed by atoms with E-state index in [2.05, 4.69) is 10.3 Å². The second-order valence-corrected chi connectivity index (χ2v) is 11.4. The number of carbonyl (C=O) groups excluding carboxylic acids is 1. The zero-order chi connectivity index (χ0) is 30.8. The summed E-state index contributed by atoms with van der Waals surface area (Å²) >= 11 is 6.32. The fraction of sp³-hybridized carbons (Fsp3) is 0.467. The largest absolute Gasteiger partial charge is 0.394 e. The highest BCUT2D eigenvalue weighted by molar-refractivity contribution is 6.31. The van der Waals surface area contributed by atoms with Crippen LogP contribution in [0.3, 0.4) is 0 Å². The Morgan fingerprint density at radius 3 is 2.70 bits per heavy atom. The van der Waals surface area contributed by atoms with E-state index >= 15 is 0 Å². The molecule has 3 N–H and O–H groups in total. The summed E-state index contributed by atoms with van der Waals surface area (Å²) in [6, 6.07) is 9.49. The van der Waals surface area contributed by atoms with Crippen LogP contribution in [0.4, 0.5) is 10.1 Å². The molecule has 2 fully saturated rings. The maximum atomic E-state index is 14.5. The van der Waals surface area contributed by atoms with E-state index in [4.69, 9.17) is 21.1 Å². The first-order valence-electron chi connectivity index (χ1n) is 14.0. The Hall–Kier alpha value is -3.44. The number of nitrogens with zero attached hydrogens (tertiary/aromatic N) is 5. The van der Waals surface area contributed by atoms with Crippen LogP contribution in [0, 0.1) is 24.1 Å². The fourth-order valence-corrected chi connectivity index (χ4v) is 6.19. The van der Waals surface area contributed by atoms with Gasteiger partial charge in [0.1, 0.15) is 35.9 Å². The molecule has 2 aliphatic rings. The highest BCUT2D eigenvalue weighted by Crippen LogP contribution is 2.37. The van der Waals surface area contributed by atoms with Crippen molar-refractivity contribution in [3.8, 4) is 17.3 Å². The Balaban J connectivity index is 1.55. The van der Waals surface area contributed by atoms with Gasteiger partial charge in [-0.3, -0.25) is 4.79 Å². The van der Waals surface area contributed by atoms with E-state index in [-0.39, 0.29) is 10.6 Å². The molecule has 0 radical (unpaired) electrons. The second-order valence-electron chi connectivity index (χ2n) is 10.9. The average Bonchev–Trinajstić information content (AvgIpc) is 3.48. The minimum atomic E-state index is -1.38. The Morgan fingerprint density at radius 2 is 2.02 bits per heavy atom. The molecule has 0 bridgehead atoms. The number of benzene rings is 2. The van der Waals surface area contributed by atoms with Crippen molar-refractivity contribution in [2.75, 3.05) is 18.6 Å². The molecular weight excluding hydrogens is 581 g/mol. The predicted octanol–water partition coefficient (Wildman–Crippen LogP) is 2.93. The van der Waals surface area contributed by atoms with Crippen molar-refractivity contribution in [1.82, 2.24) is 15.0 Å². The molecule has 2 aromatic carbocycles. The molecule has 228 valence electrons. The number of aliphatic hydroxyl groups excluding tert-OH is 3. The lowest BCUT2D eigenvalue weighted by atomic mass is 9.88. The standard InChI is InChI=1S/C30H33ClFN5O6/c1-16-7-8-18(11-21(16)32)22-14-36(35-34-22)26-27(40)25(15-38)43-29(28(26)42-2)30(41)37(23-5-3-4-6-24(23)39)20-10-17(13-33)9-19(31)12-20/h7-12,14,23-29,38-40H,3-6,15H2,1-2H3/t23-,24-,25?,26?,27?,28?,29?/m0/s1. The van der Waals surface area contributed by atoms with Gasteiger partial charge in [0, 0.05) is 23.4 Å². The normalized spacial score (nSPS) is 27.4. The minimum Gasteiger partial charge on any atom is -0.394 e. The minimum absolute atomic E-state index is 0.225. The van der Waals surface area contributed by atoms with Gasteiger partial charge in [0.15, 0.2) is 6.10 Å². The Bertz CT molecular complexity index is 1510. The van der Waals surface area contributed by atoms with Crippen molar-refractivity contribution in [2.45, 2.75) is 75.2 Å². The Labute approximate surface area is 253 Å². The van der Waals surface area contributed by atoms with Crippen molar-refractivity contribution in [3.05, 3.63) is 64.6 Å². The summed E-state index contributed by atoms with van der Waals surface area (Å²) in [5, 5.41) is 50.5. The summed E-state index contributed by atoms with van der Waals surface area (Å²) in [5.74, 6) is -1.02. The molecule has 1 saturated carbocycles. The van der Waals surface area contributed by atoms with Crippen LogP contribution >= 0.6 is 11.6 Å². The molecular formula is C30H33ClFN5O6. The van der Waals surface area contributed by atoms with Gasteiger partial charge in [0.2, 0.25) is 0 Å². The van der Waals surface area contributed by atoms with Crippen LogP contribution in [-0.4, -0.2) is 86.5 Å². The van der Waals surface area contributed by atoms with E-state index in [1.807, 2.05) is 6.07 Å². The van der Waals surface area contributed by atoms with Crippen LogP contribution in [0.1, 0.15) is 42.9 Å². The summed E-state index contributed by atoms with van der Waals surface area (Å²) in [7, 11) is 1.35. The van der Waals surface area contributed by atoms with Crippen LogP contribution in [0.25, 0.3) is 11.3 Å². The predicted molar refractivity (Wildman–Crippen MR) is 154 cm³/mol. The molecule has 0 spiro atoms. The number of methoxy groups -OCH3 is 1. The number of nitriles is 1. The average molecular weight is 614 g/mol. The van der Waals surface area contributed by atoms with Gasteiger partial charge in [-0.05, 0) is 49.6 Å². The lowest BCUT2D eigenvalue weighted by Gasteiger charge is -2.46. The molecule has 1 aliphatic carbocycles. The van der Waals surface area contributed by atoms with Crippen LogP contribution in [0.2, 0.25) is 5.02 Å². The molecule has 1 saturated heterocycles. The number of aliphatic hydroxyl groups is 3. The van der Waals surface area contributed by atoms with Gasteiger partial charge < -0.3 is 29.7 Å². The van der Waals surface area contributed by atoms with E-state index in [1.165, 1.54) is 47.2 Å². The molecule has 7 atom stereocenters. The Morgan fingerprint density at radius 1 is 1.26 bits per heavy atom. The highest BCUT2D eigenvalue weighted by Gasteiger charge is 2.52. The molecule has 1 aromatic heterocycles. The molecule has 2 heterocycles. The quantitative estimate of drug-likeness (QED) is 0.365. The summed E-state index contributed by atoms with van der Waals surface area (Å²) in [5.41, 5.74) is 1.78. The zero-order valence-electron chi connectivity index (χ0n) is 23.7. The van der Waals surface area contributed by atoms with Crippen molar-refractivity contribution in [2.24, 2.45) is 0 Å². The number of aromatic nitrogens is 3. The third-order valence-electron chi connectivity index (χ3n) is 8.22. The number of halogens is 2. The first-order chi connectivity index (χ1) is 20.7. The maximum absolute atomic E-state index is 14.5. The van der Waals surface area contributed by atoms with Gasteiger partial charge in [-0.15, -0.1) is 5.10 Å². The number of hydrogen-bond acceptors (Lipinski definition) is 9. The molecule has 1 aliphatic heterocycles. The zero-order valence-corrected chi connectivity index (χ0v) is 24.4. The molecule has 43 heavy (non-hydrogen) atoms. The van der Waals surface area contributed by atoms with Gasteiger partial charge >= 0.3 is 0 Å². The van der Waals surface area contributed by atoms with Crippen LogP contribution in [-0.2, 0) is 14.3 Å². The first kappa shape index (κ1) is 31.0. The van der Waals surface area contributed by atoms with E-state index in [0.29, 0.717) is 35.3 Å². The maximum Gasteiger partial charge on any atom is 0.259 e. The van der Waals surface area contributed by atoms with E-state index in [9.17, 15) is 29.8 Å². The van der Waals surface area contributed by atoms with Crippen LogP contribution < -0.4 is 4.90 Å². The molecule has 5 rings (SSSR count). The topological polar surface area (TPSA) is 154 Å².